The first-order chi connectivity index (χ1) is 4.43. The van der Waals surface area contributed by atoms with Crippen LogP contribution >= 0.6 is 0 Å². The molecule has 0 radical (unpaired) electrons. The maximum absolute atomic E-state index is 4.79. The van der Waals surface area contributed by atoms with Crippen LogP contribution in [0.3, 0.4) is 0 Å². The molecule has 0 spiro atoms. The molecule has 0 amide bonds. The molecule has 2 nitrogen and oxygen atoms in total. The largest absolute Gasteiger partial charge is 0.390 e. The van der Waals surface area contributed by atoms with Crippen LogP contribution in [-0.4, -0.2) is 0 Å². The third-order valence-electron chi connectivity index (χ3n) is 0.998. The van der Waals surface area contributed by atoms with Gasteiger partial charge >= 0.3 is 0 Å². The van der Waals surface area contributed by atoms with Crippen molar-refractivity contribution < 1.29 is 4.84 Å². The van der Waals surface area contributed by atoms with Crippen molar-refractivity contribution in [2.75, 3.05) is 0 Å². The van der Waals surface area contributed by atoms with Gasteiger partial charge in [-0.2, -0.15) is 0 Å². The van der Waals surface area contributed by atoms with E-state index in [1.807, 2.05) is 18.2 Å². The lowest BCUT2D eigenvalue weighted by molar-refractivity contribution is 0.158. The average molecular weight is 123 g/mol. The van der Waals surface area contributed by atoms with Gasteiger partial charge in [-0.1, -0.05) is 6.08 Å². The number of hydrogen-bond acceptors (Lipinski definition) is 2. The number of allylic oxidation sites excluding steroid dienone is 3. The number of hydrogen-bond donors (Lipinski definition) is 1. The first-order valence-corrected chi connectivity index (χ1v) is 2.82. The molecular formula is C7H9NO. The molecule has 0 unspecified atom stereocenters. The summed E-state index contributed by atoms with van der Waals surface area (Å²) in [5.41, 5.74) is 3.76. The van der Waals surface area contributed by atoms with Crippen LogP contribution in [-0.2, 0) is 4.84 Å². The SMILES string of the molecule is C=CCC1=CC=CON1. The van der Waals surface area contributed by atoms with Crippen molar-refractivity contribution >= 4 is 0 Å². The van der Waals surface area contributed by atoms with E-state index in [1.165, 1.54) is 0 Å². The first kappa shape index (κ1) is 5.95. The highest BCUT2D eigenvalue weighted by atomic mass is 16.6. The summed E-state index contributed by atoms with van der Waals surface area (Å²) in [6.07, 6.45) is 8.03. The molecule has 1 heterocycles. The number of nitrogens with one attached hydrogen (secondary N) is 1. The van der Waals surface area contributed by atoms with Crippen molar-refractivity contribution in [1.29, 1.82) is 0 Å². The van der Waals surface area contributed by atoms with Crippen LogP contribution in [0, 0.1) is 0 Å². The summed E-state index contributed by atoms with van der Waals surface area (Å²) in [5, 5.41) is 0. The Labute approximate surface area is 54.5 Å². The Balaban J connectivity index is 2.47. The van der Waals surface area contributed by atoms with E-state index in [0.29, 0.717) is 0 Å². The molecule has 2 heteroatoms. The van der Waals surface area contributed by atoms with E-state index in [0.717, 1.165) is 12.1 Å². The van der Waals surface area contributed by atoms with Crippen LogP contribution in [0.4, 0.5) is 0 Å². The molecular weight excluding hydrogens is 114 g/mol. The Morgan fingerprint density at radius 2 is 2.67 bits per heavy atom. The van der Waals surface area contributed by atoms with Gasteiger partial charge in [-0.25, -0.2) is 5.48 Å². The van der Waals surface area contributed by atoms with Crippen molar-refractivity contribution in [3.05, 3.63) is 36.8 Å². The van der Waals surface area contributed by atoms with E-state index >= 15 is 0 Å². The van der Waals surface area contributed by atoms with Gasteiger partial charge in [-0.15, -0.1) is 6.58 Å². The fourth-order valence-corrected chi connectivity index (χ4v) is 0.604. The van der Waals surface area contributed by atoms with Gasteiger partial charge in [0.2, 0.25) is 0 Å². The third-order valence-corrected chi connectivity index (χ3v) is 0.998. The standard InChI is InChI=1S/C7H9NO/c1-2-4-7-5-3-6-9-8-7/h2-3,5-6,8H,1,4H2. The Kier molecular flexibility index (Phi) is 1.96. The quantitative estimate of drug-likeness (QED) is 0.562. The van der Waals surface area contributed by atoms with Crippen molar-refractivity contribution in [1.82, 2.24) is 5.48 Å². The van der Waals surface area contributed by atoms with Gasteiger partial charge in [0.05, 0.1) is 5.70 Å². The molecule has 9 heavy (non-hydrogen) atoms. The highest BCUT2D eigenvalue weighted by Gasteiger charge is 1.93. The van der Waals surface area contributed by atoms with Crippen LogP contribution in [0.25, 0.3) is 0 Å². The van der Waals surface area contributed by atoms with E-state index in [-0.39, 0.29) is 0 Å². The highest BCUT2D eigenvalue weighted by molar-refractivity contribution is 5.13. The number of hydroxylamine groups is 1. The summed E-state index contributed by atoms with van der Waals surface area (Å²) < 4.78 is 0. The second-order valence-electron chi connectivity index (χ2n) is 1.73. The minimum absolute atomic E-state index is 0.824. The van der Waals surface area contributed by atoms with Gasteiger partial charge in [-0.05, 0) is 12.2 Å². The summed E-state index contributed by atoms with van der Waals surface area (Å²) >= 11 is 0. The van der Waals surface area contributed by atoms with Gasteiger partial charge in [-0.3, -0.25) is 0 Å². The fraction of sp³-hybridized carbons (Fsp3) is 0.143. The molecule has 0 aromatic rings. The molecule has 0 atom stereocenters. The van der Waals surface area contributed by atoms with Gasteiger partial charge in [0.15, 0.2) is 0 Å². The molecule has 1 N–H and O–H groups in total. The fourth-order valence-electron chi connectivity index (χ4n) is 0.604. The van der Waals surface area contributed by atoms with E-state index in [1.54, 1.807) is 6.26 Å². The van der Waals surface area contributed by atoms with Gasteiger partial charge < -0.3 is 4.84 Å². The summed E-state index contributed by atoms with van der Waals surface area (Å²) in [6.45, 7) is 3.59. The second-order valence-corrected chi connectivity index (χ2v) is 1.73. The first-order valence-electron chi connectivity index (χ1n) is 2.82. The van der Waals surface area contributed by atoms with Crippen molar-refractivity contribution in [2.24, 2.45) is 0 Å². The molecule has 0 fully saturated rings. The van der Waals surface area contributed by atoms with E-state index < -0.39 is 0 Å². The topological polar surface area (TPSA) is 21.3 Å². The zero-order valence-electron chi connectivity index (χ0n) is 5.13. The maximum Gasteiger partial charge on any atom is 0.119 e. The minimum Gasteiger partial charge on any atom is -0.390 e. The molecule has 0 aromatic heterocycles. The predicted molar refractivity (Wildman–Crippen MR) is 36.3 cm³/mol. The second kappa shape index (κ2) is 2.97. The van der Waals surface area contributed by atoms with Crippen LogP contribution in [0.5, 0.6) is 0 Å². The smallest absolute Gasteiger partial charge is 0.119 e. The minimum atomic E-state index is 0.824. The Hall–Kier alpha value is -1.18. The normalized spacial score (nSPS) is 15.3. The molecule has 1 aliphatic heterocycles. The van der Waals surface area contributed by atoms with Crippen LogP contribution in [0.15, 0.2) is 36.8 Å². The number of rotatable bonds is 2. The van der Waals surface area contributed by atoms with Crippen LogP contribution in [0.2, 0.25) is 0 Å². The Bertz CT molecular complexity index is 158. The van der Waals surface area contributed by atoms with Crippen molar-refractivity contribution in [3.8, 4) is 0 Å². The molecule has 48 valence electrons. The van der Waals surface area contributed by atoms with Crippen LogP contribution < -0.4 is 5.48 Å². The molecule has 0 saturated carbocycles. The molecule has 0 bridgehead atoms. The summed E-state index contributed by atoms with van der Waals surface area (Å²) in [7, 11) is 0. The maximum atomic E-state index is 4.79. The summed E-state index contributed by atoms with van der Waals surface area (Å²) in [4.78, 5) is 4.79. The summed E-state index contributed by atoms with van der Waals surface area (Å²) in [5.74, 6) is 0. The molecule has 0 aromatic carbocycles. The van der Waals surface area contributed by atoms with Gasteiger partial charge in [0, 0.05) is 6.42 Å². The Morgan fingerprint density at radius 1 is 1.78 bits per heavy atom. The van der Waals surface area contributed by atoms with E-state index in [2.05, 4.69) is 12.1 Å². The average Bonchev–Trinajstić information content (AvgIpc) is 1.91. The van der Waals surface area contributed by atoms with Crippen LogP contribution in [0.1, 0.15) is 6.42 Å². The lowest BCUT2D eigenvalue weighted by Crippen LogP contribution is -2.11. The van der Waals surface area contributed by atoms with E-state index in [4.69, 9.17) is 4.84 Å². The molecule has 1 aliphatic rings. The highest BCUT2D eigenvalue weighted by Crippen LogP contribution is 2.01. The monoisotopic (exact) mass is 123 g/mol. The molecule has 0 aliphatic carbocycles. The zero-order valence-corrected chi connectivity index (χ0v) is 5.13. The Morgan fingerprint density at radius 3 is 3.22 bits per heavy atom. The van der Waals surface area contributed by atoms with Gasteiger partial charge in [0.25, 0.3) is 0 Å². The summed E-state index contributed by atoms with van der Waals surface area (Å²) in [6, 6.07) is 0. The lowest BCUT2D eigenvalue weighted by atomic mass is 10.3. The third kappa shape index (κ3) is 1.64. The van der Waals surface area contributed by atoms with E-state index in [9.17, 15) is 0 Å². The zero-order chi connectivity index (χ0) is 6.53. The molecule has 1 rings (SSSR count). The lowest BCUT2D eigenvalue weighted by Gasteiger charge is -2.09. The molecule has 0 saturated heterocycles. The van der Waals surface area contributed by atoms with Crippen molar-refractivity contribution in [2.45, 2.75) is 6.42 Å². The van der Waals surface area contributed by atoms with Crippen molar-refractivity contribution in [3.63, 3.8) is 0 Å². The van der Waals surface area contributed by atoms with Gasteiger partial charge in [0.1, 0.15) is 6.26 Å². The predicted octanol–water partition coefficient (Wildman–Crippen LogP) is 1.49.